The summed E-state index contributed by atoms with van der Waals surface area (Å²) in [6.07, 6.45) is 5.22. The quantitative estimate of drug-likeness (QED) is 0.661. The van der Waals surface area contributed by atoms with Crippen LogP contribution >= 0.6 is 0 Å². The molecule has 0 bridgehead atoms. The molecule has 3 aromatic rings. The number of carbonyl (C=O) groups excluding carboxylic acids is 1. The molecule has 0 aliphatic rings. The van der Waals surface area contributed by atoms with Crippen LogP contribution < -0.4 is 15.4 Å². The van der Waals surface area contributed by atoms with Crippen LogP contribution in [0.4, 0.5) is 11.4 Å². The van der Waals surface area contributed by atoms with Gasteiger partial charge in [0, 0.05) is 36.5 Å². The van der Waals surface area contributed by atoms with Gasteiger partial charge < -0.3 is 15.4 Å². The smallest absolute Gasteiger partial charge is 0.274 e. The van der Waals surface area contributed by atoms with E-state index in [0.29, 0.717) is 17.9 Å². The number of hydrogen-bond acceptors (Lipinski definition) is 5. The van der Waals surface area contributed by atoms with Crippen LogP contribution in [0, 0.1) is 0 Å². The zero-order chi connectivity index (χ0) is 19.1. The third-order valence-corrected chi connectivity index (χ3v) is 3.72. The number of benzene rings is 1. The zero-order valence-electron chi connectivity index (χ0n) is 15.3. The van der Waals surface area contributed by atoms with Crippen LogP contribution in [0.25, 0.3) is 0 Å². The number of aromatic nitrogens is 2. The highest BCUT2D eigenvalue weighted by molar-refractivity contribution is 6.03. The summed E-state index contributed by atoms with van der Waals surface area (Å²) in [6, 6.07) is 14.7. The zero-order valence-corrected chi connectivity index (χ0v) is 15.3. The molecule has 0 spiro atoms. The topological polar surface area (TPSA) is 76.1 Å². The lowest BCUT2D eigenvalue weighted by Crippen LogP contribution is -2.14. The monoisotopic (exact) mass is 362 g/mol. The lowest BCUT2D eigenvalue weighted by Gasteiger charge is -2.11. The molecule has 0 unspecified atom stereocenters. The number of anilines is 2. The molecular weight excluding hydrogens is 340 g/mol. The molecule has 0 aliphatic carbocycles. The molecule has 0 radical (unpaired) electrons. The average molecular weight is 362 g/mol. The molecule has 2 aromatic heterocycles. The van der Waals surface area contributed by atoms with Gasteiger partial charge in [0.25, 0.3) is 5.91 Å². The Morgan fingerprint density at radius 2 is 1.74 bits per heavy atom. The Morgan fingerprint density at radius 1 is 1.00 bits per heavy atom. The van der Waals surface area contributed by atoms with E-state index in [1.165, 1.54) is 0 Å². The van der Waals surface area contributed by atoms with E-state index >= 15 is 0 Å². The first kappa shape index (κ1) is 18.4. The summed E-state index contributed by atoms with van der Waals surface area (Å²) in [7, 11) is 0. The summed E-state index contributed by atoms with van der Waals surface area (Å²) in [4.78, 5) is 20.6. The van der Waals surface area contributed by atoms with Crippen molar-refractivity contribution in [3.05, 3.63) is 78.4 Å². The molecule has 0 saturated heterocycles. The van der Waals surface area contributed by atoms with Crippen molar-refractivity contribution in [1.29, 1.82) is 0 Å². The molecule has 138 valence electrons. The van der Waals surface area contributed by atoms with Gasteiger partial charge in [-0.3, -0.25) is 14.8 Å². The van der Waals surface area contributed by atoms with E-state index < -0.39 is 0 Å². The number of pyridine rings is 2. The van der Waals surface area contributed by atoms with E-state index in [-0.39, 0.29) is 12.0 Å². The van der Waals surface area contributed by atoms with Gasteiger partial charge in [-0.1, -0.05) is 0 Å². The lowest BCUT2D eigenvalue weighted by atomic mass is 10.2. The van der Waals surface area contributed by atoms with E-state index in [1.54, 1.807) is 36.8 Å². The molecule has 1 amide bonds. The Balaban J connectivity index is 1.61. The minimum atomic E-state index is -0.264. The summed E-state index contributed by atoms with van der Waals surface area (Å²) in [5.74, 6) is 0.503. The first-order valence-corrected chi connectivity index (χ1v) is 8.77. The number of nitrogens with zero attached hydrogens (tertiary/aromatic N) is 2. The number of amides is 1. The van der Waals surface area contributed by atoms with E-state index in [4.69, 9.17) is 4.74 Å². The SMILES string of the molecule is CC(C)Oc1ccc(NC(=O)c2cc(NCc3ccncc3)ccn2)cc1. The Bertz CT molecular complexity index is 880. The first-order chi connectivity index (χ1) is 13.1. The second-order valence-electron chi connectivity index (χ2n) is 6.28. The molecule has 3 rings (SSSR count). The van der Waals surface area contributed by atoms with Crippen LogP contribution in [-0.4, -0.2) is 22.0 Å². The Kier molecular flexibility index (Phi) is 5.99. The van der Waals surface area contributed by atoms with Crippen LogP contribution in [0.1, 0.15) is 29.9 Å². The van der Waals surface area contributed by atoms with Crippen molar-refractivity contribution in [2.75, 3.05) is 10.6 Å². The fourth-order valence-electron chi connectivity index (χ4n) is 2.45. The largest absolute Gasteiger partial charge is 0.491 e. The lowest BCUT2D eigenvalue weighted by molar-refractivity contribution is 0.102. The van der Waals surface area contributed by atoms with Gasteiger partial charge in [-0.05, 0) is 67.9 Å². The molecular formula is C21H22N4O2. The molecule has 0 aliphatic heterocycles. The van der Waals surface area contributed by atoms with Crippen LogP contribution in [0.5, 0.6) is 5.75 Å². The van der Waals surface area contributed by atoms with Crippen LogP contribution in [0.3, 0.4) is 0 Å². The number of carbonyl (C=O) groups is 1. The van der Waals surface area contributed by atoms with Crippen molar-refractivity contribution in [1.82, 2.24) is 9.97 Å². The maximum atomic E-state index is 12.5. The Hall–Kier alpha value is -3.41. The van der Waals surface area contributed by atoms with Gasteiger partial charge >= 0.3 is 0 Å². The second kappa shape index (κ2) is 8.80. The van der Waals surface area contributed by atoms with Crippen molar-refractivity contribution >= 4 is 17.3 Å². The Labute approximate surface area is 158 Å². The minimum Gasteiger partial charge on any atom is -0.491 e. The number of rotatable bonds is 7. The minimum absolute atomic E-state index is 0.108. The predicted molar refractivity (Wildman–Crippen MR) is 106 cm³/mol. The van der Waals surface area contributed by atoms with E-state index in [0.717, 1.165) is 17.0 Å². The van der Waals surface area contributed by atoms with Gasteiger partial charge in [0.15, 0.2) is 0 Å². The van der Waals surface area contributed by atoms with E-state index in [1.807, 2.05) is 44.2 Å². The molecule has 2 N–H and O–H groups in total. The van der Waals surface area contributed by atoms with Gasteiger partial charge in [0.2, 0.25) is 0 Å². The highest BCUT2D eigenvalue weighted by atomic mass is 16.5. The third-order valence-electron chi connectivity index (χ3n) is 3.72. The summed E-state index contributed by atoms with van der Waals surface area (Å²) in [5.41, 5.74) is 2.97. The van der Waals surface area contributed by atoms with Gasteiger partial charge in [0.05, 0.1) is 6.10 Å². The number of ether oxygens (including phenoxy) is 1. The maximum absolute atomic E-state index is 12.5. The summed E-state index contributed by atoms with van der Waals surface area (Å²) in [6.45, 7) is 4.58. The van der Waals surface area contributed by atoms with Crippen LogP contribution in [-0.2, 0) is 6.54 Å². The number of nitrogens with one attached hydrogen (secondary N) is 2. The predicted octanol–water partition coefficient (Wildman–Crippen LogP) is 4.13. The molecule has 0 saturated carbocycles. The molecule has 0 fully saturated rings. The van der Waals surface area contributed by atoms with Crippen LogP contribution in [0.15, 0.2) is 67.1 Å². The molecule has 6 nitrogen and oxygen atoms in total. The molecule has 0 atom stereocenters. The maximum Gasteiger partial charge on any atom is 0.274 e. The molecule has 27 heavy (non-hydrogen) atoms. The van der Waals surface area contributed by atoms with Crippen molar-refractivity contribution in [3.8, 4) is 5.75 Å². The molecule has 1 aromatic carbocycles. The van der Waals surface area contributed by atoms with E-state index in [9.17, 15) is 4.79 Å². The highest BCUT2D eigenvalue weighted by Gasteiger charge is 2.09. The summed E-state index contributed by atoms with van der Waals surface area (Å²) in [5, 5.41) is 6.13. The van der Waals surface area contributed by atoms with Crippen molar-refractivity contribution in [2.45, 2.75) is 26.5 Å². The van der Waals surface area contributed by atoms with E-state index in [2.05, 4.69) is 20.6 Å². The highest BCUT2D eigenvalue weighted by Crippen LogP contribution is 2.18. The van der Waals surface area contributed by atoms with Gasteiger partial charge in [0.1, 0.15) is 11.4 Å². The second-order valence-corrected chi connectivity index (χ2v) is 6.28. The number of hydrogen-bond donors (Lipinski definition) is 2. The van der Waals surface area contributed by atoms with Crippen molar-refractivity contribution in [3.63, 3.8) is 0 Å². The third kappa shape index (κ3) is 5.54. The molecule has 2 heterocycles. The first-order valence-electron chi connectivity index (χ1n) is 8.77. The fraction of sp³-hybridized carbons (Fsp3) is 0.190. The van der Waals surface area contributed by atoms with Crippen molar-refractivity contribution in [2.24, 2.45) is 0 Å². The Morgan fingerprint density at radius 3 is 2.44 bits per heavy atom. The summed E-state index contributed by atoms with van der Waals surface area (Å²) >= 11 is 0. The van der Waals surface area contributed by atoms with Gasteiger partial charge in [-0.2, -0.15) is 0 Å². The standard InChI is InChI=1S/C21H22N4O2/c1-15(2)27-19-5-3-17(4-6-19)25-21(26)20-13-18(9-12-23-20)24-14-16-7-10-22-11-8-16/h3-13,15H,14H2,1-2H3,(H,23,24)(H,25,26). The fourth-order valence-corrected chi connectivity index (χ4v) is 2.45. The van der Waals surface area contributed by atoms with Crippen LogP contribution in [0.2, 0.25) is 0 Å². The van der Waals surface area contributed by atoms with Crippen molar-refractivity contribution < 1.29 is 9.53 Å². The average Bonchev–Trinajstić information content (AvgIpc) is 2.68. The van der Waals surface area contributed by atoms with Gasteiger partial charge in [-0.25, -0.2) is 0 Å². The summed E-state index contributed by atoms with van der Waals surface area (Å²) < 4.78 is 5.60. The molecule has 6 heteroatoms. The normalized spacial score (nSPS) is 10.5. The van der Waals surface area contributed by atoms with Gasteiger partial charge in [-0.15, -0.1) is 0 Å².